The van der Waals surface area contributed by atoms with Gasteiger partial charge in [-0.15, -0.1) is 0 Å². The van der Waals surface area contributed by atoms with E-state index in [0.29, 0.717) is 22.3 Å². The Hall–Kier alpha value is -3.43. The molecule has 0 saturated heterocycles. The second-order valence-electron chi connectivity index (χ2n) is 6.80. The molecule has 4 aromatic rings. The van der Waals surface area contributed by atoms with Gasteiger partial charge >= 0.3 is 0 Å². The topological polar surface area (TPSA) is 88.0 Å². The molecule has 1 aromatic carbocycles. The molecule has 3 heterocycles. The SMILES string of the molecule is Cc1c(F)c(F)c2[nH]ncc2c1-c1cn2cc(NC(=O)C3CC3F)nc2cn1. The van der Waals surface area contributed by atoms with Crippen LogP contribution in [0.4, 0.5) is 19.0 Å². The molecule has 1 saturated carbocycles. The summed E-state index contributed by atoms with van der Waals surface area (Å²) in [6, 6.07) is 0. The van der Waals surface area contributed by atoms with Gasteiger partial charge in [0.05, 0.1) is 30.2 Å². The molecule has 2 N–H and O–H groups in total. The number of imidazole rings is 1. The minimum Gasteiger partial charge on any atom is -0.309 e. The van der Waals surface area contributed by atoms with Gasteiger partial charge in [0.25, 0.3) is 0 Å². The van der Waals surface area contributed by atoms with Crippen molar-refractivity contribution in [3.8, 4) is 11.3 Å². The van der Waals surface area contributed by atoms with Crippen LogP contribution >= 0.6 is 0 Å². The van der Waals surface area contributed by atoms with Crippen LogP contribution in [0.5, 0.6) is 0 Å². The van der Waals surface area contributed by atoms with Gasteiger partial charge in [-0.2, -0.15) is 5.10 Å². The quantitative estimate of drug-likeness (QED) is 0.566. The first-order chi connectivity index (χ1) is 13.4. The number of hydrogen-bond donors (Lipinski definition) is 2. The van der Waals surface area contributed by atoms with Crippen molar-refractivity contribution in [1.82, 2.24) is 24.6 Å². The molecular formula is C18H13F3N6O. The predicted octanol–water partition coefficient (Wildman–Crippen LogP) is 3.16. The third kappa shape index (κ3) is 2.44. The van der Waals surface area contributed by atoms with Crippen LogP contribution in [0, 0.1) is 24.5 Å². The molecule has 0 bridgehead atoms. The number of nitrogens with one attached hydrogen (secondary N) is 2. The van der Waals surface area contributed by atoms with Crippen LogP contribution in [0.2, 0.25) is 0 Å². The van der Waals surface area contributed by atoms with Crippen LogP contribution in [0.15, 0.2) is 24.8 Å². The van der Waals surface area contributed by atoms with Gasteiger partial charge in [0.1, 0.15) is 11.7 Å². The number of halogens is 3. The summed E-state index contributed by atoms with van der Waals surface area (Å²) in [5, 5.41) is 9.24. The monoisotopic (exact) mass is 386 g/mol. The van der Waals surface area contributed by atoms with Crippen molar-refractivity contribution in [3.63, 3.8) is 0 Å². The van der Waals surface area contributed by atoms with Crippen LogP contribution in [-0.2, 0) is 4.79 Å². The summed E-state index contributed by atoms with van der Waals surface area (Å²) in [5.41, 5.74) is 1.30. The third-order valence-electron chi connectivity index (χ3n) is 4.92. The Kier molecular flexibility index (Phi) is 3.45. The molecular weight excluding hydrogens is 373 g/mol. The maximum atomic E-state index is 14.3. The van der Waals surface area contributed by atoms with Gasteiger partial charge in [0, 0.05) is 17.1 Å². The van der Waals surface area contributed by atoms with Crippen LogP contribution < -0.4 is 5.32 Å². The molecule has 10 heteroatoms. The van der Waals surface area contributed by atoms with Crippen LogP contribution in [0.3, 0.4) is 0 Å². The lowest BCUT2D eigenvalue weighted by molar-refractivity contribution is -0.117. The van der Waals surface area contributed by atoms with Gasteiger partial charge < -0.3 is 9.72 Å². The number of rotatable bonds is 3. The Bertz CT molecular complexity index is 1260. The Morgan fingerprint density at radius 3 is 2.82 bits per heavy atom. The van der Waals surface area contributed by atoms with E-state index in [0.717, 1.165) is 0 Å². The molecule has 0 spiro atoms. The number of anilines is 1. The predicted molar refractivity (Wildman–Crippen MR) is 94.4 cm³/mol. The summed E-state index contributed by atoms with van der Waals surface area (Å²) in [4.78, 5) is 20.4. The van der Waals surface area contributed by atoms with Gasteiger partial charge in [0.2, 0.25) is 5.91 Å². The minimum atomic E-state index is -1.10. The first kappa shape index (κ1) is 16.7. The molecule has 142 valence electrons. The van der Waals surface area contributed by atoms with Crippen molar-refractivity contribution in [3.05, 3.63) is 42.0 Å². The molecule has 1 fully saturated rings. The van der Waals surface area contributed by atoms with Crippen molar-refractivity contribution in [2.24, 2.45) is 5.92 Å². The molecule has 28 heavy (non-hydrogen) atoms. The number of aromatic amines is 1. The second kappa shape index (κ2) is 5.78. The average Bonchev–Trinajstić information content (AvgIpc) is 3.06. The van der Waals surface area contributed by atoms with Crippen LogP contribution in [-0.4, -0.2) is 36.6 Å². The van der Waals surface area contributed by atoms with Gasteiger partial charge in [-0.05, 0) is 18.9 Å². The highest BCUT2D eigenvalue weighted by molar-refractivity contribution is 5.96. The molecule has 0 aliphatic heterocycles. The summed E-state index contributed by atoms with van der Waals surface area (Å²) in [6.45, 7) is 1.47. The van der Waals surface area contributed by atoms with Crippen LogP contribution in [0.1, 0.15) is 12.0 Å². The first-order valence-electron chi connectivity index (χ1n) is 8.54. The van der Waals surface area contributed by atoms with Crippen LogP contribution in [0.25, 0.3) is 27.8 Å². The number of nitrogens with zero attached hydrogens (tertiary/aromatic N) is 4. The van der Waals surface area contributed by atoms with Crippen molar-refractivity contribution in [2.45, 2.75) is 19.5 Å². The average molecular weight is 386 g/mol. The zero-order valence-electron chi connectivity index (χ0n) is 14.5. The van der Waals surface area contributed by atoms with E-state index in [-0.39, 0.29) is 23.3 Å². The van der Waals surface area contributed by atoms with E-state index in [9.17, 15) is 18.0 Å². The van der Waals surface area contributed by atoms with E-state index in [1.54, 1.807) is 16.8 Å². The third-order valence-corrected chi connectivity index (χ3v) is 4.92. The lowest BCUT2D eigenvalue weighted by Gasteiger charge is -2.09. The summed E-state index contributed by atoms with van der Waals surface area (Å²) in [6.07, 6.45) is 5.14. The number of hydrogen-bond acceptors (Lipinski definition) is 4. The zero-order valence-corrected chi connectivity index (χ0v) is 14.5. The molecule has 7 nitrogen and oxygen atoms in total. The number of benzene rings is 1. The normalized spacial score (nSPS) is 18.7. The Labute approximate surface area is 155 Å². The maximum Gasteiger partial charge on any atom is 0.231 e. The standard InChI is InChI=1S/C18H13F3N6O/c1-7-14(9-3-23-26-17(9)16(21)15(7)20)11-5-27-6-12(24-13(27)4-22-11)25-18(28)8-2-10(8)19/h3-6,8,10H,2H2,1H3,(H,23,26)(H,25,28). The van der Waals surface area contributed by atoms with Gasteiger partial charge in [-0.3, -0.25) is 14.9 Å². The Morgan fingerprint density at radius 2 is 2.07 bits per heavy atom. The lowest BCUT2D eigenvalue weighted by atomic mass is 10.0. The maximum absolute atomic E-state index is 14.3. The number of aromatic nitrogens is 5. The van der Waals surface area contributed by atoms with E-state index in [1.807, 2.05) is 0 Å². The smallest absolute Gasteiger partial charge is 0.231 e. The fourth-order valence-corrected chi connectivity index (χ4v) is 3.30. The number of amides is 1. The number of H-pyrrole nitrogens is 1. The van der Waals surface area contributed by atoms with Gasteiger partial charge in [-0.25, -0.2) is 18.2 Å². The highest BCUT2D eigenvalue weighted by atomic mass is 19.2. The molecule has 1 amide bonds. The number of carbonyl (C=O) groups excluding carboxylic acids is 1. The molecule has 3 aromatic heterocycles. The Balaban J connectivity index is 1.58. The lowest BCUT2D eigenvalue weighted by Crippen LogP contribution is -2.15. The van der Waals surface area contributed by atoms with Crippen molar-refractivity contribution >= 4 is 28.3 Å². The summed E-state index contributed by atoms with van der Waals surface area (Å²) in [7, 11) is 0. The fourth-order valence-electron chi connectivity index (χ4n) is 3.30. The molecule has 2 atom stereocenters. The highest BCUT2D eigenvalue weighted by Crippen LogP contribution is 2.35. The van der Waals surface area contributed by atoms with E-state index in [1.165, 1.54) is 19.3 Å². The number of carbonyl (C=O) groups is 1. The largest absolute Gasteiger partial charge is 0.309 e. The molecule has 2 unspecified atom stereocenters. The second-order valence-corrected chi connectivity index (χ2v) is 6.80. The first-order valence-corrected chi connectivity index (χ1v) is 8.54. The molecule has 0 radical (unpaired) electrons. The summed E-state index contributed by atoms with van der Waals surface area (Å²) in [5.74, 6) is -2.75. The summed E-state index contributed by atoms with van der Waals surface area (Å²) < 4.78 is 43.0. The molecule has 1 aliphatic carbocycles. The van der Waals surface area contributed by atoms with E-state index in [4.69, 9.17) is 0 Å². The van der Waals surface area contributed by atoms with Gasteiger partial charge in [-0.1, -0.05) is 0 Å². The minimum absolute atomic E-state index is 0.0382. The zero-order chi connectivity index (χ0) is 19.6. The van der Waals surface area contributed by atoms with E-state index >= 15 is 0 Å². The summed E-state index contributed by atoms with van der Waals surface area (Å²) >= 11 is 0. The van der Waals surface area contributed by atoms with Crippen molar-refractivity contribution < 1.29 is 18.0 Å². The van der Waals surface area contributed by atoms with Crippen molar-refractivity contribution in [2.75, 3.05) is 5.32 Å². The molecule has 5 rings (SSSR count). The van der Waals surface area contributed by atoms with E-state index in [2.05, 4.69) is 25.5 Å². The fraction of sp³-hybridized carbons (Fsp3) is 0.222. The molecule has 1 aliphatic rings. The highest BCUT2D eigenvalue weighted by Gasteiger charge is 2.43. The van der Waals surface area contributed by atoms with E-state index < -0.39 is 29.6 Å². The van der Waals surface area contributed by atoms with Gasteiger partial charge in [0.15, 0.2) is 23.1 Å². The Morgan fingerprint density at radius 1 is 1.29 bits per heavy atom. The number of alkyl halides is 1. The van der Waals surface area contributed by atoms with Crippen molar-refractivity contribution in [1.29, 1.82) is 0 Å². The number of fused-ring (bicyclic) bond motifs is 2.